The number of nitro groups is 1. The minimum absolute atomic E-state index is 0.0157. The standard InChI is InChI=1S/C14H15N3O3S/c1-9(7-11-3-2-6-21-11)16-14(18)12-8-10(15)4-5-13(12)17(19)20/h2-6,8-9H,7,15H2,1H3,(H,16,18). The summed E-state index contributed by atoms with van der Waals surface area (Å²) in [6.07, 6.45) is 0.680. The topological polar surface area (TPSA) is 98.3 Å². The number of amides is 1. The van der Waals surface area contributed by atoms with Gasteiger partial charge in [-0.1, -0.05) is 6.07 Å². The number of nitrogens with zero attached hydrogens (tertiary/aromatic N) is 1. The summed E-state index contributed by atoms with van der Waals surface area (Å²) in [6.45, 7) is 1.86. The van der Waals surface area contributed by atoms with E-state index in [4.69, 9.17) is 5.73 Å². The minimum Gasteiger partial charge on any atom is -0.399 e. The van der Waals surface area contributed by atoms with Crippen LogP contribution in [0.3, 0.4) is 0 Å². The van der Waals surface area contributed by atoms with Crippen LogP contribution in [-0.4, -0.2) is 16.9 Å². The third-order valence-electron chi connectivity index (χ3n) is 2.93. The van der Waals surface area contributed by atoms with Crippen LogP contribution in [0.15, 0.2) is 35.7 Å². The predicted octanol–water partition coefficient (Wildman–Crippen LogP) is 2.60. The van der Waals surface area contributed by atoms with Crippen LogP contribution in [0.1, 0.15) is 22.2 Å². The van der Waals surface area contributed by atoms with Gasteiger partial charge in [0.25, 0.3) is 11.6 Å². The molecule has 6 nitrogen and oxygen atoms in total. The average Bonchev–Trinajstić information content (AvgIpc) is 2.90. The van der Waals surface area contributed by atoms with E-state index < -0.39 is 10.8 Å². The highest BCUT2D eigenvalue weighted by atomic mass is 32.1. The van der Waals surface area contributed by atoms with Crippen molar-refractivity contribution >= 4 is 28.6 Å². The van der Waals surface area contributed by atoms with Gasteiger partial charge in [-0.3, -0.25) is 14.9 Å². The van der Waals surface area contributed by atoms with Crippen molar-refractivity contribution in [2.24, 2.45) is 0 Å². The molecule has 0 spiro atoms. The molecule has 21 heavy (non-hydrogen) atoms. The van der Waals surface area contributed by atoms with Crippen molar-refractivity contribution < 1.29 is 9.72 Å². The van der Waals surface area contributed by atoms with Gasteiger partial charge in [-0.2, -0.15) is 0 Å². The molecule has 2 rings (SSSR count). The second-order valence-corrected chi connectivity index (χ2v) is 5.72. The van der Waals surface area contributed by atoms with Crippen molar-refractivity contribution in [3.63, 3.8) is 0 Å². The van der Waals surface area contributed by atoms with Crippen LogP contribution in [0, 0.1) is 10.1 Å². The number of hydrogen-bond acceptors (Lipinski definition) is 5. The number of carbonyl (C=O) groups excluding carboxylic acids is 1. The Morgan fingerprint density at radius 1 is 1.48 bits per heavy atom. The third-order valence-corrected chi connectivity index (χ3v) is 3.83. The molecule has 1 unspecified atom stereocenters. The summed E-state index contributed by atoms with van der Waals surface area (Å²) in [6, 6.07) is 7.77. The molecule has 0 radical (unpaired) electrons. The first kappa shape index (κ1) is 15.0. The minimum atomic E-state index is -0.585. The smallest absolute Gasteiger partial charge is 0.282 e. The Morgan fingerprint density at radius 3 is 2.86 bits per heavy atom. The van der Waals surface area contributed by atoms with Gasteiger partial charge in [0.2, 0.25) is 0 Å². The van der Waals surface area contributed by atoms with Gasteiger partial charge in [-0.25, -0.2) is 0 Å². The van der Waals surface area contributed by atoms with E-state index in [9.17, 15) is 14.9 Å². The molecule has 1 aromatic carbocycles. The third kappa shape index (κ3) is 3.79. The maximum Gasteiger partial charge on any atom is 0.282 e. The highest BCUT2D eigenvalue weighted by Gasteiger charge is 2.21. The number of nitrogens with two attached hydrogens (primary N) is 1. The molecule has 7 heteroatoms. The van der Waals surface area contributed by atoms with Crippen molar-refractivity contribution in [1.29, 1.82) is 0 Å². The summed E-state index contributed by atoms with van der Waals surface area (Å²) in [5, 5.41) is 15.7. The van der Waals surface area contributed by atoms with E-state index in [1.165, 1.54) is 18.2 Å². The maximum atomic E-state index is 12.2. The number of rotatable bonds is 5. The van der Waals surface area contributed by atoms with Crippen molar-refractivity contribution in [1.82, 2.24) is 5.32 Å². The second-order valence-electron chi connectivity index (χ2n) is 4.69. The summed E-state index contributed by atoms with van der Waals surface area (Å²) in [4.78, 5) is 23.7. The highest BCUT2D eigenvalue weighted by molar-refractivity contribution is 7.09. The van der Waals surface area contributed by atoms with E-state index in [0.29, 0.717) is 12.1 Å². The van der Waals surface area contributed by atoms with Gasteiger partial charge in [0.05, 0.1) is 4.92 Å². The van der Waals surface area contributed by atoms with Gasteiger partial charge < -0.3 is 11.1 Å². The lowest BCUT2D eigenvalue weighted by Gasteiger charge is -2.13. The molecule has 1 heterocycles. The van der Waals surface area contributed by atoms with E-state index >= 15 is 0 Å². The SMILES string of the molecule is CC(Cc1cccs1)NC(=O)c1cc(N)ccc1[N+](=O)[O-]. The van der Waals surface area contributed by atoms with Gasteiger partial charge in [-0.15, -0.1) is 11.3 Å². The molecular weight excluding hydrogens is 290 g/mol. The fourth-order valence-electron chi connectivity index (χ4n) is 1.98. The van der Waals surface area contributed by atoms with Crippen LogP contribution in [-0.2, 0) is 6.42 Å². The molecule has 0 aliphatic carbocycles. The lowest BCUT2D eigenvalue weighted by Crippen LogP contribution is -2.34. The molecule has 0 aliphatic rings. The van der Waals surface area contributed by atoms with E-state index in [1.807, 2.05) is 24.4 Å². The van der Waals surface area contributed by atoms with E-state index in [0.717, 1.165) is 4.88 Å². The molecule has 110 valence electrons. The van der Waals surface area contributed by atoms with E-state index in [1.54, 1.807) is 11.3 Å². The van der Waals surface area contributed by atoms with Crippen molar-refractivity contribution in [3.05, 3.63) is 56.3 Å². The van der Waals surface area contributed by atoms with Crippen LogP contribution in [0.2, 0.25) is 0 Å². The Bertz CT molecular complexity index is 655. The first-order valence-electron chi connectivity index (χ1n) is 6.34. The van der Waals surface area contributed by atoms with Gasteiger partial charge in [0.1, 0.15) is 5.56 Å². The number of nitrogens with one attached hydrogen (secondary N) is 1. The molecule has 0 bridgehead atoms. The summed E-state index contributed by atoms with van der Waals surface area (Å²) < 4.78 is 0. The fourth-order valence-corrected chi connectivity index (χ4v) is 2.81. The predicted molar refractivity (Wildman–Crippen MR) is 82.5 cm³/mol. The van der Waals surface area contributed by atoms with Gasteiger partial charge in [0, 0.05) is 29.1 Å². The summed E-state index contributed by atoms with van der Waals surface area (Å²) in [5.74, 6) is -0.488. The second kappa shape index (κ2) is 6.36. The Morgan fingerprint density at radius 2 is 2.24 bits per heavy atom. The average molecular weight is 305 g/mol. The monoisotopic (exact) mass is 305 g/mol. The Hall–Kier alpha value is -2.41. The van der Waals surface area contributed by atoms with Crippen molar-refractivity contribution in [2.45, 2.75) is 19.4 Å². The molecule has 1 atom stereocenters. The van der Waals surface area contributed by atoms with E-state index in [2.05, 4.69) is 5.32 Å². The molecule has 0 aliphatic heterocycles. The van der Waals surface area contributed by atoms with Crippen LogP contribution >= 0.6 is 11.3 Å². The van der Waals surface area contributed by atoms with Crippen LogP contribution in [0.5, 0.6) is 0 Å². The molecule has 0 fully saturated rings. The number of carbonyl (C=O) groups is 1. The van der Waals surface area contributed by atoms with Crippen molar-refractivity contribution in [2.75, 3.05) is 5.73 Å². The lowest BCUT2D eigenvalue weighted by molar-refractivity contribution is -0.385. The Kier molecular flexibility index (Phi) is 4.54. The maximum absolute atomic E-state index is 12.2. The van der Waals surface area contributed by atoms with E-state index in [-0.39, 0.29) is 17.3 Å². The summed E-state index contributed by atoms with van der Waals surface area (Å²) in [7, 11) is 0. The first-order valence-corrected chi connectivity index (χ1v) is 7.22. The molecule has 1 aromatic heterocycles. The highest BCUT2D eigenvalue weighted by Crippen LogP contribution is 2.21. The zero-order valence-electron chi connectivity index (χ0n) is 11.4. The molecule has 0 saturated heterocycles. The normalized spacial score (nSPS) is 11.9. The number of hydrogen-bond donors (Lipinski definition) is 2. The zero-order chi connectivity index (χ0) is 15.4. The van der Waals surface area contributed by atoms with Gasteiger partial charge >= 0.3 is 0 Å². The summed E-state index contributed by atoms with van der Waals surface area (Å²) >= 11 is 1.61. The van der Waals surface area contributed by atoms with Crippen LogP contribution in [0.4, 0.5) is 11.4 Å². The lowest BCUT2D eigenvalue weighted by atomic mass is 10.1. The van der Waals surface area contributed by atoms with Gasteiger partial charge in [0.15, 0.2) is 0 Å². The number of anilines is 1. The van der Waals surface area contributed by atoms with Crippen LogP contribution in [0.25, 0.3) is 0 Å². The fraction of sp³-hybridized carbons (Fsp3) is 0.214. The molecular formula is C14H15N3O3S. The first-order chi connectivity index (χ1) is 9.97. The number of nitrogen functional groups attached to an aromatic ring is 1. The van der Waals surface area contributed by atoms with Gasteiger partial charge in [-0.05, 0) is 30.5 Å². The Labute approximate surface area is 125 Å². The van der Waals surface area contributed by atoms with Crippen molar-refractivity contribution in [3.8, 4) is 0 Å². The van der Waals surface area contributed by atoms with Crippen LogP contribution < -0.4 is 11.1 Å². The summed E-state index contributed by atoms with van der Waals surface area (Å²) in [5.41, 5.74) is 5.66. The zero-order valence-corrected chi connectivity index (χ0v) is 12.2. The number of benzene rings is 1. The molecule has 3 N–H and O–H groups in total. The molecule has 1 amide bonds. The number of thiophene rings is 1. The Balaban J connectivity index is 2.12. The quantitative estimate of drug-likeness (QED) is 0.504. The molecule has 2 aromatic rings. The number of nitro benzene ring substituents is 1. The molecule has 0 saturated carbocycles. The largest absolute Gasteiger partial charge is 0.399 e.